The summed E-state index contributed by atoms with van der Waals surface area (Å²) in [6.07, 6.45) is 3.56. The van der Waals surface area contributed by atoms with Crippen LogP contribution in [-0.2, 0) is 4.74 Å². The van der Waals surface area contributed by atoms with E-state index in [1.54, 1.807) is 17.5 Å². The number of aryl methyl sites for hydroxylation is 2. The van der Waals surface area contributed by atoms with E-state index in [2.05, 4.69) is 25.1 Å². The lowest BCUT2D eigenvalue weighted by molar-refractivity contribution is -0.127. The summed E-state index contributed by atoms with van der Waals surface area (Å²) in [6, 6.07) is 2.33. The van der Waals surface area contributed by atoms with E-state index in [-0.39, 0.29) is 11.7 Å². The molecule has 1 spiro atoms. The number of nitrogens with zero attached hydrogens (tertiary/aromatic N) is 5. The first-order valence-electron chi connectivity index (χ1n) is 7.77. The van der Waals surface area contributed by atoms with Gasteiger partial charge in [-0.2, -0.15) is 0 Å². The molecule has 0 N–H and O–H groups in total. The number of rotatable bonds is 3. The highest BCUT2D eigenvalue weighted by molar-refractivity contribution is 7.15. The highest BCUT2D eigenvalue weighted by atomic mass is 32.1. The number of ether oxygens (including phenoxy) is 2. The highest BCUT2D eigenvalue weighted by Gasteiger charge is 2.49. The van der Waals surface area contributed by atoms with Gasteiger partial charge in [-0.1, -0.05) is 11.3 Å². The zero-order valence-electron chi connectivity index (χ0n) is 13.2. The standard InChI is InChI=1S/C15H19N5O2S/c1-10-3-5-16-13(17-10)22-12-4-6-21-15(7-12)8-20(9-15)14-19-18-11(2)23-14/h3,5,12H,4,6-9H2,1-2H3. The first-order chi connectivity index (χ1) is 11.1. The van der Waals surface area contributed by atoms with E-state index < -0.39 is 0 Å². The predicted octanol–water partition coefficient (Wildman–Crippen LogP) is 1.76. The molecule has 0 aliphatic carbocycles. The molecule has 4 rings (SSSR count). The van der Waals surface area contributed by atoms with Gasteiger partial charge in [-0.3, -0.25) is 0 Å². The molecule has 122 valence electrons. The Labute approximate surface area is 138 Å². The molecular weight excluding hydrogens is 314 g/mol. The molecule has 0 aromatic carbocycles. The summed E-state index contributed by atoms with van der Waals surface area (Å²) in [5, 5.41) is 10.2. The Morgan fingerprint density at radius 2 is 2.22 bits per heavy atom. The number of anilines is 1. The Hall–Kier alpha value is -1.80. The molecule has 1 atom stereocenters. The van der Waals surface area contributed by atoms with Crippen LogP contribution in [0, 0.1) is 13.8 Å². The third-order valence-corrected chi connectivity index (χ3v) is 5.14. The molecule has 23 heavy (non-hydrogen) atoms. The summed E-state index contributed by atoms with van der Waals surface area (Å²) < 4.78 is 12.0. The van der Waals surface area contributed by atoms with Gasteiger partial charge in [0.15, 0.2) is 0 Å². The highest BCUT2D eigenvalue weighted by Crippen LogP contribution is 2.38. The summed E-state index contributed by atoms with van der Waals surface area (Å²) in [7, 11) is 0. The molecule has 0 bridgehead atoms. The van der Waals surface area contributed by atoms with Gasteiger partial charge < -0.3 is 14.4 Å². The van der Waals surface area contributed by atoms with Gasteiger partial charge in [-0.05, 0) is 19.9 Å². The molecule has 2 aromatic rings. The first-order valence-corrected chi connectivity index (χ1v) is 8.59. The minimum absolute atomic E-state index is 0.101. The van der Waals surface area contributed by atoms with Crippen molar-refractivity contribution < 1.29 is 9.47 Å². The molecule has 2 aromatic heterocycles. The van der Waals surface area contributed by atoms with Crippen LogP contribution in [0.25, 0.3) is 0 Å². The fraction of sp³-hybridized carbons (Fsp3) is 0.600. The van der Waals surface area contributed by atoms with Crippen LogP contribution in [0.3, 0.4) is 0 Å². The molecule has 0 amide bonds. The van der Waals surface area contributed by atoms with E-state index in [4.69, 9.17) is 9.47 Å². The molecule has 2 aliphatic rings. The van der Waals surface area contributed by atoms with Crippen LogP contribution in [0.2, 0.25) is 0 Å². The summed E-state index contributed by atoms with van der Waals surface area (Å²) >= 11 is 1.62. The first kappa shape index (κ1) is 14.8. The van der Waals surface area contributed by atoms with Crippen LogP contribution in [0.5, 0.6) is 6.01 Å². The molecule has 8 heteroatoms. The van der Waals surface area contributed by atoms with Gasteiger partial charge in [-0.25, -0.2) is 9.97 Å². The lowest BCUT2D eigenvalue weighted by Gasteiger charge is -2.52. The van der Waals surface area contributed by atoms with Gasteiger partial charge in [0.05, 0.1) is 19.7 Å². The van der Waals surface area contributed by atoms with Crippen molar-refractivity contribution in [2.24, 2.45) is 0 Å². The van der Waals surface area contributed by atoms with Crippen molar-refractivity contribution in [3.63, 3.8) is 0 Å². The molecule has 7 nitrogen and oxygen atoms in total. The number of hydrogen-bond acceptors (Lipinski definition) is 8. The van der Waals surface area contributed by atoms with Crippen molar-refractivity contribution in [3.8, 4) is 6.01 Å². The summed E-state index contributed by atoms with van der Waals surface area (Å²) in [4.78, 5) is 10.7. The second-order valence-electron chi connectivity index (χ2n) is 6.20. The van der Waals surface area contributed by atoms with Gasteiger partial charge in [0.2, 0.25) is 5.13 Å². The van der Waals surface area contributed by atoms with E-state index >= 15 is 0 Å². The topological polar surface area (TPSA) is 73.3 Å². The van der Waals surface area contributed by atoms with Gasteiger partial charge in [-0.15, -0.1) is 10.2 Å². The average Bonchev–Trinajstić information content (AvgIpc) is 2.91. The summed E-state index contributed by atoms with van der Waals surface area (Å²) in [6.45, 7) is 6.30. The zero-order chi connectivity index (χ0) is 15.9. The largest absolute Gasteiger partial charge is 0.460 e. The molecule has 2 saturated heterocycles. The van der Waals surface area contributed by atoms with Crippen molar-refractivity contribution >= 4 is 16.5 Å². The summed E-state index contributed by atoms with van der Waals surface area (Å²) in [5.74, 6) is 0. The van der Waals surface area contributed by atoms with E-state index in [0.717, 1.165) is 41.8 Å². The van der Waals surface area contributed by atoms with E-state index in [1.807, 2.05) is 19.9 Å². The van der Waals surface area contributed by atoms with Crippen LogP contribution in [0.1, 0.15) is 23.5 Å². The Morgan fingerprint density at radius 1 is 1.35 bits per heavy atom. The van der Waals surface area contributed by atoms with Gasteiger partial charge >= 0.3 is 6.01 Å². The zero-order valence-corrected chi connectivity index (χ0v) is 14.0. The average molecular weight is 333 g/mol. The molecule has 0 radical (unpaired) electrons. The SMILES string of the molecule is Cc1ccnc(OC2CCOC3(C2)CN(c2nnc(C)s2)C3)n1. The second-order valence-corrected chi connectivity index (χ2v) is 7.36. The normalized spacial score (nSPS) is 22.9. The fourth-order valence-electron chi connectivity index (χ4n) is 3.13. The predicted molar refractivity (Wildman–Crippen MR) is 86.0 cm³/mol. The Bertz CT molecular complexity index is 701. The van der Waals surface area contributed by atoms with Crippen molar-refractivity contribution in [2.75, 3.05) is 24.6 Å². The maximum Gasteiger partial charge on any atom is 0.316 e. The number of hydrogen-bond donors (Lipinski definition) is 0. The number of aromatic nitrogens is 4. The quantitative estimate of drug-likeness (QED) is 0.847. The van der Waals surface area contributed by atoms with E-state index in [9.17, 15) is 0 Å². The Morgan fingerprint density at radius 3 is 2.96 bits per heavy atom. The van der Waals surface area contributed by atoms with Gasteiger partial charge in [0, 0.05) is 24.7 Å². The Balaban J connectivity index is 1.38. The Kier molecular flexibility index (Phi) is 3.65. The van der Waals surface area contributed by atoms with Crippen LogP contribution in [0.4, 0.5) is 5.13 Å². The maximum atomic E-state index is 6.05. The maximum absolute atomic E-state index is 6.05. The summed E-state index contributed by atoms with van der Waals surface area (Å²) in [5.41, 5.74) is 0.782. The minimum atomic E-state index is -0.133. The lowest BCUT2D eigenvalue weighted by Crippen LogP contribution is -2.66. The third-order valence-electron chi connectivity index (χ3n) is 4.24. The third kappa shape index (κ3) is 3.00. The van der Waals surface area contributed by atoms with Crippen LogP contribution in [-0.4, -0.2) is 51.6 Å². The molecule has 4 heterocycles. The van der Waals surface area contributed by atoms with Crippen molar-refractivity contribution in [2.45, 2.75) is 38.4 Å². The van der Waals surface area contributed by atoms with Crippen LogP contribution >= 0.6 is 11.3 Å². The second kappa shape index (κ2) is 5.68. The smallest absolute Gasteiger partial charge is 0.316 e. The lowest BCUT2D eigenvalue weighted by atomic mass is 9.85. The molecule has 2 fully saturated rings. The van der Waals surface area contributed by atoms with E-state index in [1.165, 1.54) is 0 Å². The molecule has 2 aliphatic heterocycles. The minimum Gasteiger partial charge on any atom is -0.460 e. The molecule has 0 saturated carbocycles. The molecule has 1 unspecified atom stereocenters. The van der Waals surface area contributed by atoms with Crippen molar-refractivity contribution in [1.29, 1.82) is 0 Å². The van der Waals surface area contributed by atoms with Crippen molar-refractivity contribution in [3.05, 3.63) is 23.0 Å². The van der Waals surface area contributed by atoms with Crippen LogP contribution in [0.15, 0.2) is 12.3 Å². The van der Waals surface area contributed by atoms with E-state index in [0.29, 0.717) is 12.6 Å². The van der Waals surface area contributed by atoms with Gasteiger partial charge in [0.25, 0.3) is 0 Å². The van der Waals surface area contributed by atoms with Crippen molar-refractivity contribution in [1.82, 2.24) is 20.2 Å². The van der Waals surface area contributed by atoms with Gasteiger partial charge in [0.1, 0.15) is 16.7 Å². The molecular formula is C15H19N5O2S. The van der Waals surface area contributed by atoms with Crippen LogP contribution < -0.4 is 9.64 Å². The fourth-order valence-corrected chi connectivity index (χ4v) is 3.82. The monoisotopic (exact) mass is 333 g/mol.